The molecule has 3 heterocycles. The number of piperazine rings is 1. The maximum absolute atomic E-state index is 6.33. The van der Waals surface area contributed by atoms with Crippen molar-refractivity contribution in [1.82, 2.24) is 15.1 Å². The van der Waals surface area contributed by atoms with Gasteiger partial charge in [0, 0.05) is 32.8 Å². The van der Waals surface area contributed by atoms with Crippen molar-refractivity contribution in [2.24, 2.45) is 0 Å². The Morgan fingerprint density at radius 1 is 1.12 bits per heavy atom. The molecule has 0 aliphatic carbocycles. The molecule has 2 aromatic rings. The van der Waals surface area contributed by atoms with Crippen LogP contribution in [0.2, 0.25) is 10.0 Å². The monoisotopic (exact) mass is 382 g/mol. The normalized spacial score (nSPS) is 21.8. The van der Waals surface area contributed by atoms with Gasteiger partial charge in [-0.1, -0.05) is 29.3 Å². The Morgan fingerprint density at radius 3 is 2.72 bits per heavy atom. The number of halogens is 2. The van der Waals surface area contributed by atoms with Crippen LogP contribution >= 0.6 is 23.2 Å². The average molecular weight is 383 g/mol. The van der Waals surface area contributed by atoms with Crippen molar-refractivity contribution >= 4 is 28.9 Å². The van der Waals surface area contributed by atoms with Gasteiger partial charge in [0.15, 0.2) is 0 Å². The number of ether oxygens (including phenoxy) is 1. The van der Waals surface area contributed by atoms with E-state index in [1.807, 2.05) is 18.2 Å². The van der Waals surface area contributed by atoms with E-state index in [1.54, 1.807) is 0 Å². The minimum atomic E-state index is 0.253. The van der Waals surface area contributed by atoms with Crippen LogP contribution in [0.1, 0.15) is 24.1 Å². The lowest BCUT2D eigenvalue weighted by atomic mass is 10.1. The third-order valence-corrected chi connectivity index (χ3v) is 5.57. The Morgan fingerprint density at radius 2 is 1.96 bits per heavy atom. The molecule has 134 valence electrons. The van der Waals surface area contributed by atoms with E-state index in [0.29, 0.717) is 35.0 Å². The molecule has 1 atom stereocenters. The average Bonchev–Trinajstić information content (AvgIpc) is 3.30. The largest absolute Gasteiger partial charge is 0.423 e. The number of anilines is 1. The fourth-order valence-corrected chi connectivity index (χ4v) is 3.71. The molecular formula is C17H20Cl2N4O2. The SMILES string of the molecule is Clc1cccc(N2CCN(Cc3nnc(C4CCOC4)o3)CC2)c1Cl. The zero-order valence-corrected chi connectivity index (χ0v) is 15.3. The molecule has 4 rings (SSSR count). The molecule has 0 bridgehead atoms. The molecular weight excluding hydrogens is 363 g/mol. The highest BCUT2D eigenvalue weighted by Crippen LogP contribution is 2.33. The number of benzene rings is 1. The molecule has 1 unspecified atom stereocenters. The van der Waals surface area contributed by atoms with Crippen molar-refractivity contribution in [1.29, 1.82) is 0 Å². The molecule has 1 aromatic carbocycles. The first-order valence-electron chi connectivity index (χ1n) is 8.52. The zero-order chi connectivity index (χ0) is 17.2. The lowest BCUT2D eigenvalue weighted by molar-refractivity contribution is 0.189. The van der Waals surface area contributed by atoms with E-state index in [-0.39, 0.29) is 5.92 Å². The Labute approximate surface area is 156 Å². The summed E-state index contributed by atoms with van der Waals surface area (Å²) in [5.74, 6) is 1.64. The van der Waals surface area contributed by atoms with Gasteiger partial charge in [-0.25, -0.2) is 0 Å². The molecule has 0 saturated carbocycles. The van der Waals surface area contributed by atoms with E-state index in [4.69, 9.17) is 32.4 Å². The van der Waals surface area contributed by atoms with Crippen LogP contribution in [-0.4, -0.2) is 54.5 Å². The van der Waals surface area contributed by atoms with E-state index in [0.717, 1.165) is 44.9 Å². The van der Waals surface area contributed by atoms with Gasteiger partial charge < -0.3 is 14.1 Å². The number of rotatable bonds is 4. The number of nitrogens with zero attached hydrogens (tertiary/aromatic N) is 4. The second kappa shape index (κ2) is 7.50. The number of aromatic nitrogens is 2. The van der Waals surface area contributed by atoms with Gasteiger partial charge in [0.1, 0.15) is 0 Å². The third-order valence-electron chi connectivity index (χ3n) is 4.76. The highest BCUT2D eigenvalue weighted by Gasteiger charge is 2.25. The lowest BCUT2D eigenvalue weighted by Gasteiger charge is -2.35. The van der Waals surface area contributed by atoms with Crippen molar-refractivity contribution in [3.63, 3.8) is 0 Å². The fraction of sp³-hybridized carbons (Fsp3) is 0.529. The zero-order valence-electron chi connectivity index (χ0n) is 13.8. The van der Waals surface area contributed by atoms with Gasteiger partial charge >= 0.3 is 0 Å². The number of hydrogen-bond donors (Lipinski definition) is 0. The van der Waals surface area contributed by atoms with E-state index >= 15 is 0 Å². The second-order valence-corrected chi connectivity index (χ2v) is 7.22. The van der Waals surface area contributed by atoms with E-state index in [2.05, 4.69) is 20.0 Å². The molecule has 6 nitrogen and oxygen atoms in total. The van der Waals surface area contributed by atoms with Crippen LogP contribution in [-0.2, 0) is 11.3 Å². The Kier molecular flexibility index (Phi) is 5.12. The van der Waals surface area contributed by atoms with Crippen LogP contribution in [0.15, 0.2) is 22.6 Å². The highest BCUT2D eigenvalue weighted by atomic mass is 35.5. The molecule has 0 radical (unpaired) electrons. The van der Waals surface area contributed by atoms with Gasteiger partial charge in [0.25, 0.3) is 0 Å². The molecule has 0 spiro atoms. The summed E-state index contributed by atoms with van der Waals surface area (Å²) >= 11 is 12.4. The lowest BCUT2D eigenvalue weighted by Crippen LogP contribution is -2.46. The van der Waals surface area contributed by atoms with Crippen molar-refractivity contribution in [3.8, 4) is 0 Å². The van der Waals surface area contributed by atoms with Crippen LogP contribution in [0.4, 0.5) is 5.69 Å². The molecule has 2 aliphatic rings. The van der Waals surface area contributed by atoms with E-state index in [9.17, 15) is 0 Å². The van der Waals surface area contributed by atoms with Crippen molar-refractivity contribution in [2.45, 2.75) is 18.9 Å². The fourth-order valence-electron chi connectivity index (χ4n) is 3.30. The highest BCUT2D eigenvalue weighted by molar-refractivity contribution is 6.43. The van der Waals surface area contributed by atoms with Gasteiger partial charge in [-0.2, -0.15) is 0 Å². The van der Waals surface area contributed by atoms with Crippen LogP contribution < -0.4 is 4.90 Å². The summed E-state index contributed by atoms with van der Waals surface area (Å²) in [5.41, 5.74) is 0.995. The Hall–Kier alpha value is -1.34. The molecule has 2 saturated heterocycles. The van der Waals surface area contributed by atoms with Crippen LogP contribution in [0, 0.1) is 0 Å². The topological polar surface area (TPSA) is 54.6 Å². The minimum Gasteiger partial charge on any atom is -0.423 e. The molecule has 1 aromatic heterocycles. The predicted octanol–water partition coefficient (Wildman–Crippen LogP) is 3.20. The molecule has 8 heteroatoms. The van der Waals surface area contributed by atoms with Crippen molar-refractivity contribution < 1.29 is 9.15 Å². The first-order chi connectivity index (χ1) is 12.2. The summed E-state index contributed by atoms with van der Waals surface area (Å²) in [7, 11) is 0. The Balaban J connectivity index is 1.34. The van der Waals surface area contributed by atoms with Crippen LogP contribution in [0.5, 0.6) is 0 Å². The van der Waals surface area contributed by atoms with E-state index < -0.39 is 0 Å². The summed E-state index contributed by atoms with van der Waals surface area (Å²) in [4.78, 5) is 4.58. The van der Waals surface area contributed by atoms with E-state index in [1.165, 1.54) is 0 Å². The number of hydrogen-bond acceptors (Lipinski definition) is 6. The van der Waals surface area contributed by atoms with Gasteiger partial charge in [-0.05, 0) is 18.6 Å². The van der Waals surface area contributed by atoms with Crippen molar-refractivity contribution in [3.05, 3.63) is 40.0 Å². The molecule has 2 aliphatic heterocycles. The van der Waals surface area contributed by atoms with Crippen LogP contribution in [0.3, 0.4) is 0 Å². The predicted molar refractivity (Wildman–Crippen MR) is 96.4 cm³/mol. The second-order valence-electron chi connectivity index (χ2n) is 6.43. The summed E-state index contributed by atoms with van der Waals surface area (Å²) in [6.07, 6.45) is 0.959. The summed E-state index contributed by atoms with van der Waals surface area (Å²) in [6, 6.07) is 5.76. The first kappa shape index (κ1) is 17.1. The summed E-state index contributed by atoms with van der Waals surface area (Å²) in [6.45, 7) is 5.73. The van der Waals surface area contributed by atoms with Crippen molar-refractivity contribution in [2.75, 3.05) is 44.3 Å². The quantitative estimate of drug-likeness (QED) is 0.808. The third kappa shape index (κ3) is 3.77. The van der Waals surface area contributed by atoms with Gasteiger partial charge in [0.2, 0.25) is 11.8 Å². The smallest absolute Gasteiger partial charge is 0.230 e. The molecule has 2 fully saturated rings. The summed E-state index contributed by atoms with van der Waals surface area (Å²) in [5, 5.41) is 9.59. The molecule has 25 heavy (non-hydrogen) atoms. The standard InChI is InChI=1S/C17H20Cl2N4O2/c18-13-2-1-3-14(16(13)19)23-7-5-22(6-8-23)10-15-20-21-17(25-15)12-4-9-24-11-12/h1-3,12H,4-11H2. The minimum absolute atomic E-state index is 0.253. The molecule has 0 amide bonds. The van der Waals surface area contributed by atoms with Gasteiger partial charge in [-0.15, -0.1) is 10.2 Å². The van der Waals surface area contributed by atoms with Crippen LogP contribution in [0.25, 0.3) is 0 Å². The van der Waals surface area contributed by atoms with Gasteiger partial charge in [-0.3, -0.25) is 4.90 Å². The maximum atomic E-state index is 6.33. The summed E-state index contributed by atoms with van der Waals surface area (Å²) < 4.78 is 11.2. The maximum Gasteiger partial charge on any atom is 0.230 e. The van der Waals surface area contributed by atoms with Gasteiger partial charge in [0.05, 0.1) is 34.8 Å². The Bertz CT molecular complexity index is 725. The first-order valence-corrected chi connectivity index (χ1v) is 9.27. The molecule has 0 N–H and O–H groups in total.